The monoisotopic (exact) mass is 295 g/mol. The number of carbonyl (C=O) groups is 1. The summed E-state index contributed by atoms with van der Waals surface area (Å²) in [5.41, 5.74) is 0.548. The van der Waals surface area contributed by atoms with E-state index in [9.17, 15) is 14.3 Å². The second kappa shape index (κ2) is 6.44. The second-order valence-corrected chi connectivity index (χ2v) is 5.09. The third-order valence-corrected chi connectivity index (χ3v) is 3.67. The highest BCUT2D eigenvalue weighted by molar-refractivity contribution is 7.17. The average molecular weight is 295 g/mol. The van der Waals surface area contributed by atoms with Gasteiger partial charge in [0.25, 0.3) is 5.91 Å². The van der Waals surface area contributed by atoms with Crippen molar-refractivity contribution in [3.63, 3.8) is 0 Å². The summed E-state index contributed by atoms with van der Waals surface area (Å²) in [6, 6.07) is 5.50. The number of anilines is 1. The molecule has 0 aliphatic carbocycles. The third kappa shape index (κ3) is 3.52. The number of nitrogens with zero attached hydrogens (tertiary/aromatic N) is 1. The molecule has 1 unspecified atom stereocenters. The number of nitrogens with one attached hydrogen (secondary N) is 2. The number of carbonyl (C=O) groups excluding carboxylic acids is 1. The van der Waals surface area contributed by atoms with Crippen LogP contribution in [-0.2, 0) is 0 Å². The summed E-state index contributed by atoms with van der Waals surface area (Å²) in [7, 11) is 1.72. The van der Waals surface area contributed by atoms with E-state index in [1.54, 1.807) is 7.05 Å². The maximum atomic E-state index is 12.8. The largest absolute Gasteiger partial charge is 0.387 e. The third-order valence-electron chi connectivity index (χ3n) is 2.65. The molecule has 7 heteroatoms. The Hall–Kier alpha value is -1.99. The lowest BCUT2D eigenvalue weighted by Crippen LogP contribution is -2.27. The highest BCUT2D eigenvalue weighted by atomic mass is 32.1. The van der Waals surface area contributed by atoms with Crippen LogP contribution in [0.1, 0.15) is 21.3 Å². The zero-order valence-electron chi connectivity index (χ0n) is 10.8. The number of hydrogen-bond donors (Lipinski definition) is 3. The molecule has 0 bridgehead atoms. The zero-order chi connectivity index (χ0) is 14.5. The van der Waals surface area contributed by atoms with E-state index in [1.807, 2.05) is 0 Å². The Bertz CT molecular complexity index is 586. The molecule has 1 aromatic carbocycles. The first-order valence-electron chi connectivity index (χ1n) is 5.95. The van der Waals surface area contributed by atoms with Gasteiger partial charge in [0.1, 0.15) is 10.7 Å². The number of aliphatic hydroxyl groups excluding tert-OH is 1. The number of halogens is 1. The lowest BCUT2D eigenvalue weighted by molar-refractivity contribution is 0.0920. The van der Waals surface area contributed by atoms with Crippen molar-refractivity contribution in [1.82, 2.24) is 10.3 Å². The molecule has 0 fully saturated rings. The van der Waals surface area contributed by atoms with E-state index >= 15 is 0 Å². The Morgan fingerprint density at radius 1 is 1.45 bits per heavy atom. The van der Waals surface area contributed by atoms with E-state index in [0.717, 1.165) is 0 Å². The van der Waals surface area contributed by atoms with Crippen LogP contribution in [0.5, 0.6) is 0 Å². The predicted molar refractivity (Wildman–Crippen MR) is 75.4 cm³/mol. The molecule has 1 atom stereocenters. The minimum atomic E-state index is -0.878. The molecule has 3 N–H and O–H groups in total. The minimum absolute atomic E-state index is 0.0528. The summed E-state index contributed by atoms with van der Waals surface area (Å²) < 4.78 is 12.8. The molecule has 0 aliphatic heterocycles. The average Bonchev–Trinajstić information content (AvgIpc) is 2.94. The van der Waals surface area contributed by atoms with Gasteiger partial charge in [-0.15, -0.1) is 0 Å². The lowest BCUT2D eigenvalue weighted by Gasteiger charge is -2.11. The molecular weight excluding hydrogens is 281 g/mol. The van der Waals surface area contributed by atoms with Gasteiger partial charge in [-0.1, -0.05) is 23.5 Å². The first kappa shape index (κ1) is 14.4. The van der Waals surface area contributed by atoms with Gasteiger partial charge in [-0.25, -0.2) is 9.37 Å². The first-order valence-corrected chi connectivity index (χ1v) is 6.77. The Balaban J connectivity index is 1.91. The van der Waals surface area contributed by atoms with Crippen LogP contribution in [0.4, 0.5) is 9.52 Å². The van der Waals surface area contributed by atoms with Crippen molar-refractivity contribution >= 4 is 22.4 Å². The highest BCUT2D eigenvalue weighted by Gasteiger charge is 2.13. The van der Waals surface area contributed by atoms with Gasteiger partial charge in [-0.3, -0.25) is 4.79 Å². The number of hydrogen-bond acceptors (Lipinski definition) is 5. The van der Waals surface area contributed by atoms with Crippen LogP contribution < -0.4 is 10.6 Å². The molecule has 20 heavy (non-hydrogen) atoms. The van der Waals surface area contributed by atoms with Crippen LogP contribution in [0.15, 0.2) is 30.5 Å². The van der Waals surface area contributed by atoms with Crippen LogP contribution in [0.3, 0.4) is 0 Å². The van der Waals surface area contributed by atoms with E-state index in [1.165, 1.54) is 41.8 Å². The van der Waals surface area contributed by atoms with Crippen molar-refractivity contribution in [3.05, 3.63) is 46.7 Å². The predicted octanol–water partition coefficient (Wildman–Crippen LogP) is 1.79. The Labute approximate surface area is 119 Å². The van der Waals surface area contributed by atoms with Gasteiger partial charge in [0.05, 0.1) is 12.3 Å². The van der Waals surface area contributed by atoms with Crippen LogP contribution in [0.25, 0.3) is 0 Å². The van der Waals surface area contributed by atoms with Crippen LogP contribution in [-0.4, -0.2) is 29.6 Å². The molecule has 2 rings (SSSR count). The molecule has 106 valence electrons. The second-order valence-electron chi connectivity index (χ2n) is 4.06. The fourth-order valence-corrected chi connectivity index (χ4v) is 2.26. The normalized spacial score (nSPS) is 11.9. The van der Waals surface area contributed by atoms with Gasteiger partial charge in [0, 0.05) is 13.6 Å². The molecular formula is C13H14FN3O2S. The minimum Gasteiger partial charge on any atom is -0.387 e. The van der Waals surface area contributed by atoms with Gasteiger partial charge in [-0.2, -0.15) is 0 Å². The number of benzene rings is 1. The SMILES string of the molecule is CNc1ncc(C(=O)NCC(O)c2ccc(F)cc2)s1. The van der Waals surface area contributed by atoms with Crippen molar-refractivity contribution in [2.24, 2.45) is 0 Å². The lowest BCUT2D eigenvalue weighted by atomic mass is 10.1. The number of aromatic nitrogens is 1. The fraction of sp³-hybridized carbons (Fsp3) is 0.231. The van der Waals surface area contributed by atoms with E-state index in [2.05, 4.69) is 15.6 Å². The van der Waals surface area contributed by atoms with Gasteiger partial charge in [-0.05, 0) is 17.7 Å². The number of thiazole rings is 1. The van der Waals surface area contributed by atoms with Gasteiger partial charge in [0.15, 0.2) is 5.13 Å². The van der Waals surface area contributed by atoms with Gasteiger partial charge >= 0.3 is 0 Å². The fourth-order valence-electron chi connectivity index (χ4n) is 1.57. The molecule has 2 aromatic rings. The van der Waals surface area contributed by atoms with Gasteiger partial charge < -0.3 is 15.7 Å². The van der Waals surface area contributed by atoms with Crippen molar-refractivity contribution in [1.29, 1.82) is 0 Å². The van der Waals surface area contributed by atoms with Crippen LogP contribution in [0, 0.1) is 5.82 Å². The maximum Gasteiger partial charge on any atom is 0.263 e. The van der Waals surface area contributed by atoms with E-state index < -0.39 is 6.10 Å². The van der Waals surface area contributed by atoms with Crippen LogP contribution in [0.2, 0.25) is 0 Å². The first-order chi connectivity index (χ1) is 9.60. The molecule has 0 radical (unpaired) electrons. The zero-order valence-corrected chi connectivity index (χ0v) is 11.6. The maximum absolute atomic E-state index is 12.8. The number of rotatable bonds is 5. The quantitative estimate of drug-likeness (QED) is 0.786. The Kier molecular flexibility index (Phi) is 4.65. The molecule has 0 saturated heterocycles. The summed E-state index contributed by atoms with van der Waals surface area (Å²) in [6.45, 7) is 0.0528. The van der Waals surface area contributed by atoms with Crippen molar-refractivity contribution in [2.45, 2.75) is 6.10 Å². The standard InChI is InChI=1S/C13H14FN3O2S/c1-15-13-17-7-11(20-13)12(19)16-6-10(18)8-2-4-9(14)5-3-8/h2-5,7,10,18H,6H2,1H3,(H,15,17)(H,16,19). The Morgan fingerprint density at radius 2 is 2.15 bits per heavy atom. The summed E-state index contributed by atoms with van der Waals surface area (Å²) in [5, 5.41) is 16.0. The van der Waals surface area contributed by atoms with Crippen molar-refractivity contribution < 1.29 is 14.3 Å². The summed E-state index contributed by atoms with van der Waals surface area (Å²) in [5.74, 6) is -0.667. The van der Waals surface area contributed by atoms with Crippen molar-refractivity contribution in [3.8, 4) is 0 Å². The molecule has 1 amide bonds. The number of aliphatic hydroxyl groups is 1. The topological polar surface area (TPSA) is 74.2 Å². The molecule has 5 nitrogen and oxygen atoms in total. The highest BCUT2D eigenvalue weighted by Crippen LogP contribution is 2.17. The number of amides is 1. The van der Waals surface area contributed by atoms with E-state index in [-0.39, 0.29) is 18.3 Å². The summed E-state index contributed by atoms with van der Waals surface area (Å²) in [6.07, 6.45) is 0.590. The summed E-state index contributed by atoms with van der Waals surface area (Å²) in [4.78, 5) is 16.3. The molecule has 1 heterocycles. The van der Waals surface area contributed by atoms with E-state index in [4.69, 9.17) is 0 Å². The summed E-state index contributed by atoms with van der Waals surface area (Å²) >= 11 is 1.22. The molecule has 0 aliphatic rings. The molecule has 0 saturated carbocycles. The van der Waals surface area contributed by atoms with E-state index in [0.29, 0.717) is 15.6 Å². The van der Waals surface area contributed by atoms with Gasteiger partial charge in [0.2, 0.25) is 0 Å². The van der Waals surface area contributed by atoms with Crippen LogP contribution >= 0.6 is 11.3 Å². The van der Waals surface area contributed by atoms with Crippen molar-refractivity contribution in [2.75, 3.05) is 18.9 Å². The Morgan fingerprint density at radius 3 is 2.75 bits per heavy atom. The smallest absolute Gasteiger partial charge is 0.263 e. The molecule has 0 spiro atoms. The molecule has 1 aromatic heterocycles.